The average molecular weight is 348 g/mol. The molecule has 0 unspecified atom stereocenters. The average Bonchev–Trinajstić information content (AvgIpc) is 2.60. The molecule has 21 heavy (non-hydrogen) atoms. The molecule has 1 aromatic carbocycles. The number of nitrogens with zero attached hydrogens (tertiary/aromatic N) is 1. The van der Waals surface area contributed by atoms with Gasteiger partial charge in [0, 0.05) is 29.5 Å². The van der Waals surface area contributed by atoms with E-state index in [4.69, 9.17) is 11.6 Å². The first-order valence-corrected chi connectivity index (χ1v) is 10.2. The van der Waals surface area contributed by atoms with Crippen molar-refractivity contribution < 1.29 is 8.42 Å². The van der Waals surface area contributed by atoms with E-state index in [1.54, 1.807) is 4.31 Å². The molecule has 1 fully saturated rings. The fraction of sp³-hybridized carbons (Fsp3) is 0.600. The number of rotatable bonds is 4. The second kappa shape index (κ2) is 6.90. The van der Waals surface area contributed by atoms with Gasteiger partial charge in [-0.15, -0.1) is 11.6 Å². The number of halogens is 1. The van der Waals surface area contributed by atoms with Gasteiger partial charge in [0.05, 0.1) is 5.75 Å². The normalized spacial score (nSPS) is 20.1. The van der Waals surface area contributed by atoms with E-state index in [1.807, 2.05) is 36.0 Å². The highest BCUT2D eigenvalue weighted by molar-refractivity contribution is 8.00. The van der Waals surface area contributed by atoms with Crippen LogP contribution < -0.4 is 0 Å². The monoisotopic (exact) mass is 347 g/mol. The van der Waals surface area contributed by atoms with Crippen LogP contribution in [0.1, 0.15) is 31.4 Å². The van der Waals surface area contributed by atoms with Gasteiger partial charge in [0.2, 0.25) is 10.0 Å². The van der Waals surface area contributed by atoms with Crippen molar-refractivity contribution >= 4 is 33.4 Å². The van der Waals surface area contributed by atoms with E-state index >= 15 is 0 Å². The van der Waals surface area contributed by atoms with Crippen molar-refractivity contribution in [1.29, 1.82) is 0 Å². The van der Waals surface area contributed by atoms with Crippen LogP contribution >= 0.6 is 23.4 Å². The lowest BCUT2D eigenvalue weighted by Crippen LogP contribution is -2.34. The quantitative estimate of drug-likeness (QED) is 0.782. The molecule has 3 nitrogen and oxygen atoms in total. The Morgan fingerprint density at radius 3 is 2.43 bits per heavy atom. The summed E-state index contributed by atoms with van der Waals surface area (Å²) in [4.78, 5) is 0. The molecule has 1 aliphatic rings. The molecule has 2 rings (SSSR count). The summed E-state index contributed by atoms with van der Waals surface area (Å²) in [7, 11) is -3.24. The van der Waals surface area contributed by atoms with Gasteiger partial charge in [-0.1, -0.05) is 38.1 Å². The first-order valence-electron chi connectivity index (χ1n) is 7.08. The van der Waals surface area contributed by atoms with Crippen molar-refractivity contribution in [3.63, 3.8) is 0 Å². The van der Waals surface area contributed by atoms with Crippen LogP contribution in [0.2, 0.25) is 0 Å². The van der Waals surface area contributed by atoms with E-state index in [0.29, 0.717) is 19.0 Å². The van der Waals surface area contributed by atoms with Gasteiger partial charge in [-0.25, -0.2) is 12.7 Å². The number of alkyl halides is 1. The molecule has 0 atom stereocenters. The van der Waals surface area contributed by atoms with E-state index in [0.717, 1.165) is 23.3 Å². The summed E-state index contributed by atoms with van der Waals surface area (Å²) in [6, 6.07) is 7.48. The Morgan fingerprint density at radius 1 is 1.19 bits per heavy atom. The predicted molar refractivity (Wildman–Crippen MR) is 91.3 cm³/mol. The molecule has 0 amide bonds. The largest absolute Gasteiger partial charge is 0.218 e. The Morgan fingerprint density at radius 2 is 1.81 bits per heavy atom. The van der Waals surface area contributed by atoms with E-state index < -0.39 is 10.0 Å². The summed E-state index contributed by atoms with van der Waals surface area (Å²) in [5.41, 5.74) is 1.82. The lowest BCUT2D eigenvalue weighted by Gasteiger charge is -2.22. The highest BCUT2D eigenvalue weighted by Crippen LogP contribution is 2.31. The van der Waals surface area contributed by atoms with E-state index in [1.165, 1.54) is 0 Å². The molecule has 0 spiro atoms. The highest BCUT2D eigenvalue weighted by atomic mass is 35.5. The van der Waals surface area contributed by atoms with E-state index in [-0.39, 0.29) is 10.5 Å². The third-order valence-corrected chi connectivity index (χ3v) is 7.25. The Balaban J connectivity index is 2.06. The lowest BCUT2D eigenvalue weighted by molar-refractivity contribution is 0.415. The van der Waals surface area contributed by atoms with Crippen LogP contribution in [-0.4, -0.2) is 36.3 Å². The molecule has 1 aromatic rings. The van der Waals surface area contributed by atoms with Crippen LogP contribution in [-0.2, 0) is 21.7 Å². The van der Waals surface area contributed by atoms with Crippen LogP contribution in [0.3, 0.4) is 0 Å². The molecule has 0 aromatic heterocycles. The van der Waals surface area contributed by atoms with Gasteiger partial charge in [-0.2, -0.15) is 11.8 Å². The van der Waals surface area contributed by atoms with Crippen molar-refractivity contribution in [2.75, 3.05) is 18.8 Å². The maximum absolute atomic E-state index is 12.6. The zero-order valence-electron chi connectivity index (χ0n) is 12.5. The van der Waals surface area contributed by atoms with Gasteiger partial charge >= 0.3 is 0 Å². The molecule has 1 aliphatic heterocycles. The van der Waals surface area contributed by atoms with Crippen LogP contribution in [0.4, 0.5) is 0 Å². The zero-order valence-corrected chi connectivity index (χ0v) is 14.9. The van der Waals surface area contributed by atoms with Gasteiger partial charge in [0.1, 0.15) is 0 Å². The van der Waals surface area contributed by atoms with E-state index in [9.17, 15) is 8.42 Å². The number of benzene rings is 1. The molecular weight excluding hydrogens is 326 g/mol. The molecular formula is C15H22ClNO2S2. The third kappa shape index (κ3) is 4.88. The van der Waals surface area contributed by atoms with Gasteiger partial charge in [-0.3, -0.25) is 0 Å². The van der Waals surface area contributed by atoms with Crippen molar-refractivity contribution in [3.8, 4) is 0 Å². The van der Waals surface area contributed by atoms with Gasteiger partial charge in [0.25, 0.3) is 0 Å². The molecule has 118 valence electrons. The van der Waals surface area contributed by atoms with Crippen molar-refractivity contribution in [3.05, 3.63) is 35.4 Å². The van der Waals surface area contributed by atoms with Gasteiger partial charge in [0.15, 0.2) is 0 Å². The predicted octanol–water partition coefficient (Wildman–Crippen LogP) is 3.47. The Hall–Kier alpha value is -0.230. The lowest BCUT2D eigenvalue weighted by atomic mass is 10.1. The SMILES string of the molecule is CC1(C)CCN(S(=O)(=O)Cc2ccc(CCl)cc2)CCS1. The highest BCUT2D eigenvalue weighted by Gasteiger charge is 2.29. The molecule has 0 radical (unpaired) electrons. The molecule has 0 bridgehead atoms. The van der Waals surface area contributed by atoms with Gasteiger partial charge in [-0.05, 0) is 17.5 Å². The number of hydrogen-bond donors (Lipinski definition) is 0. The number of hydrogen-bond acceptors (Lipinski definition) is 3. The third-order valence-electron chi connectivity index (χ3n) is 3.72. The van der Waals surface area contributed by atoms with Gasteiger partial charge < -0.3 is 0 Å². The standard InChI is InChI=1S/C15H22ClNO2S2/c1-15(2)7-8-17(9-10-20-15)21(18,19)12-14-5-3-13(11-16)4-6-14/h3-6H,7-12H2,1-2H3. The molecule has 6 heteroatoms. The maximum Gasteiger partial charge on any atom is 0.218 e. The maximum atomic E-state index is 12.6. The number of sulfonamides is 1. The minimum atomic E-state index is -3.24. The Bertz CT molecular complexity index is 570. The molecule has 0 saturated carbocycles. The minimum Gasteiger partial charge on any atom is -0.212 e. The Labute approximate surface area is 137 Å². The molecule has 0 N–H and O–H groups in total. The second-order valence-corrected chi connectivity index (χ2v) is 10.0. The van der Waals surface area contributed by atoms with Crippen molar-refractivity contribution in [1.82, 2.24) is 4.31 Å². The Kier molecular flexibility index (Phi) is 5.63. The molecule has 0 aliphatic carbocycles. The summed E-state index contributed by atoms with van der Waals surface area (Å²) < 4.78 is 26.9. The summed E-state index contributed by atoms with van der Waals surface area (Å²) >= 11 is 7.60. The van der Waals surface area contributed by atoms with Crippen molar-refractivity contribution in [2.24, 2.45) is 0 Å². The smallest absolute Gasteiger partial charge is 0.212 e. The van der Waals surface area contributed by atoms with Crippen LogP contribution in [0.15, 0.2) is 24.3 Å². The summed E-state index contributed by atoms with van der Waals surface area (Å²) in [5, 5.41) is 0. The zero-order chi connectivity index (χ0) is 15.5. The molecule has 1 saturated heterocycles. The van der Waals surface area contributed by atoms with Crippen LogP contribution in [0.5, 0.6) is 0 Å². The minimum absolute atomic E-state index is 0.0701. The summed E-state index contributed by atoms with van der Waals surface area (Å²) in [5.74, 6) is 1.38. The summed E-state index contributed by atoms with van der Waals surface area (Å²) in [6.07, 6.45) is 0.891. The number of thioether (sulfide) groups is 1. The van der Waals surface area contributed by atoms with Crippen molar-refractivity contribution in [2.45, 2.75) is 36.6 Å². The van der Waals surface area contributed by atoms with E-state index in [2.05, 4.69) is 13.8 Å². The second-order valence-electron chi connectivity index (χ2n) is 5.96. The topological polar surface area (TPSA) is 37.4 Å². The fourth-order valence-electron chi connectivity index (χ4n) is 2.31. The van der Waals surface area contributed by atoms with Crippen LogP contribution in [0.25, 0.3) is 0 Å². The summed E-state index contributed by atoms with van der Waals surface area (Å²) in [6.45, 7) is 5.58. The fourth-order valence-corrected chi connectivity index (χ4v) is 5.24. The van der Waals surface area contributed by atoms with Crippen LogP contribution in [0, 0.1) is 0 Å². The molecule has 1 heterocycles. The first-order chi connectivity index (χ1) is 9.82. The first kappa shape index (κ1) is 17.1.